The highest BCUT2D eigenvalue weighted by Crippen LogP contribution is 2.19. The van der Waals surface area contributed by atoms with Gasteiger partial charge in [-0.05, 0) is 31.7 Å². The Morgan fingerprint density at radius 1 is 1.14 bits per heavy atom. The first-order valence-electron chi connectivity index (χ1n) is 8.76. The Labute approximate surface area is 165 Å². The van der Waals surface area contributed by atoms with Gasteiger partial charge in [-0.25, -0.2) is 8.78 Å². The van der Waals surface area contributed by atoms with Crippen LogP contribution in [0.1, 0.15) is 13.8 Å². The van der Waals surface area contributed by atoms with Crippen molar-refractivity contribution in [3.05, 3.63) is 64.2 Å². The van der Waals surface area contributed by atoms with Crippen LogP contribution in [-0.4, -0.2) is 40.8 Å². The maximum absolute atomic E-state index is 13.7. The summed E-state index contributed by atoms with van der Waals surface area (Å²) < 4.78 is 27.3. The predicted octanol–water partition coefficient (Wildman–Crippen LogP) is 3.16. The number of carbonyl (C=O) groups is 2. The standard InChI is InChI=1S/C19H20F2N4O4/c1-3-24(11-17(26)23-18-15(20)8-5-9-16(18)21)12(2)19(27)22-13-6-4-7-14(10-13)25(28)29/h4-10,12H,3,11H2,1-2H3,(H,22,27)(H,23,26). The summed E-state index contributed by atoms with van der Waals surface area (Å²) in [7, 11) is 0. The van der Waals surface area contributed by atoms with Gasteiger partial charge in [-0.1, -0.05) is 19.1 Å². The van der Waals surface area contributed by atoms with Crippen LogP contribution < -0.4 is 10.6 Å². The number of nitro groups is 1. The second kappa shape index (κ2) is 9.69. The zero-order valence-corrected chi connectivity index (χ0v) is 15.8. The second-order valence-electron chi connectivity index (χ2n) is 6.18. The topological polar surface area (TPSA) is 105 Å². The molecule has 2 aromatic rings. The third-order valence-corrected chi connectivity index (χ3v) is 4.23. The van der Waals surface area contributed by atoms with E-state index in [4.69, 9.17) is 0 Å². The lowest BCUT2D eigenvalue weighted by Gasteiger charge is -2.26. The molecular weight excluding hydrogens is 386 g/mol. The van der Waals surface area contributed by atoms with Crippen molar-refractivity contribution in [3.8, 4) is 0 Å². The van der Waals surface area contributed by atoms with Gasteiger partial charge in [0.25, 0.3) is 5.69 Å². The normalized spacial score (nSPS) is 11.8. The van der Waals surface area contributed by atoms with Crippen molar-refractivity contribution in [1.82, 2.24) is 4.90 Å². The number of para-hydroxylation sites is 1. The molecule has 1 atom stereocenters. The first-order valence-corrected chi connectivity index (χ1v) is 8.76. The van der Waals surface area contributed by atoms with E-state index >= 15 is 0 Å². The van der Waals surface area contributed by atoms with E-state index in [9.17, 15) is 28.5 Å². The average Bonchev–Trinajstić information content (AvgIpc) is 2.68. The first kappa shape index (κ1) is 21.9. The van der Waals surface area contributed by atoms with Gasteiger partial charge in [0, 0.05) is 17.8 Å². The fourth-order valence-electron chi connectivity index (χ4n) is 2.61. The van der Waals surface area contributed by atoms with Gasteiger partial charge in [-0.15, -0.1) is 0 Å². The van der Waals surface area contributed by atoms with Gasteiger partial charge in [-0.3, -0.25) is 24.6 Å². The van der Waals surface area contributed by atoms with Crippen molar-refractivity contribution in [1.29, 1.82) is 0 Å². The molecule has 0 aliphatic carbocycles. The van der Waals surface area contributed by atoms with Crippen molar-refractivity contribution < 1.29 is 23.3 Å². The molecule has 0 bridgehead atoms. The number of nitrogens with one attached hydrogen (secondary N) is 2. The fraction of sp³-hybridized carbons (Fsp3) is 0.263. The molecule has 1 unspecified atom stereocenters. The van der Waals surface area contributed by atoms with E-state index in [0.717, 1.165) is 12.1 Å². The number of anilines is 2. The molecule has 2 amide bonds. The molecule has 154 valence electrons. The summed E-state index contributed by atoms with van der Waals surface area (Å²) in [4.78, 5) is 36.4. The minimum absolute atomic E-state index is 0.172. The number of carbonyl (C=O) groups excluding carboxylic acids is 2. The number of halogens is 2. The van der Waals surface area contributed by atoms with E-state index in [1.807, 2.05) is 0 Å². The SMILES string of the molecule is CCN(CC(=O)Nc1c(F)cccc1F)C(C)C(=O)Nc1cccc([N+](=O)[O-])c1. The Morgan fingerprint density at radius 2 is 1.76 bits per heavy atom. The van der Waals surface area contributed by atoms with E-state index in [-0.39, 0.29) is 17.9 Å². The van der Waals surface area contributed by atoms with E-state index < -0.39 is 40.1 Å². The molecule has 8 nitrogen and oxygen atoms in total. The van der Waals surface area contributed by atoms with Gasteiger partial charge in [-0.2, -0.15) is 0 Å². The summed E-state index contributed by atoms with van der Waals surface area (Å²) in [6, 6.07) is 7.89. The molecule has 2 rings (SSSR count). The zero-order valence-electron chi connectivity index (χ0n) is 15.8. The Balaban J connectivity index is 2.02. The highest BCUT2D eigenvalue weighted by Gasteiger charge is 2.23. The monoisotopic (exact) mass is 406 g/mol. The van der Waals surface area contributed by atoms with E-state index in [0.29, 0.717) is 6.54 Å². The van der Waals surface area contributed by atoms with Crippen LogP contribution in [0, 0.1) is 21.7 Å². The molecule has 0 radical (unpaired) electrons. The minimum atomic E-state index is -0.905. The third-order valence-electron chi connectivity index (χ3n) is 4.23. The Morgan fingerprint density at radius 3 is 2.34 bits per heavy atom. The maximum atomic E-state index is 13.7. The first-order chi connectivity index (χ1) is 13.7. The Bertz CT molecular complexity index is 903. The maximum Gasteiger partial charge on any atom is 0.271 e. The average molecular weight is 406 g/mol. The van der Waals surface area contributed by atoms with Crippen LogP contribution in [0.2, 0.25) is 0 Å². The molecule has 10 heteroatoms. The molecule has 0 aromatic heterocycles. The van der Waals surface area contributed by atoms with Crippen molar-refractivity contribution in [2.75, 3.05) is 23.7 Å². The van der Waals surface area contributed by atoms with Crippen LogP contribution in [0.25, 0.3) is 0 Å². The minimum Gasteiger partial charge on any atom is -0.324 e. The summed E-state index contributed by atoms with van der Waals surface area (Å²) in [6.45, 7) is 3.28. The largest absolute Gasteiger partial charge is 0.324 e. The summed E-state index contributed by atoms with van der Waals surface area (Å²) in [5.74, 6) is -2.99. The number of rotatable bonds is 8. The highest BCUT2D eigenvalue weighted by molar-refractivity contribution is 5.96. The number of amides is 2. The summed E-state index contributed by atoms with van der Waals surface area (Å²) >= 11 is 0. The predicted molar refractivity (Wildman–Crippen MR) is 103 cm³/mol. The molecule has 0 saturated carbocycles. The molecule has 0 saturated heterocycles. The molecule has 0 spiro atoms. The summed E-state index contributed by atoms with van der Waals surface area (Å²) in [6.07, 6.45) is 0. The van der Waals surface area contributed by atoms with Crippen LogP contribution in [0.15, 0.2) is 42.5 Å². The number of likely N-dealkylation sites (N-methyl/N-ethyl adjacent to an activating group) is 1. The fourth-order valence-corrected chi connectivity index (χ4v) is 2.61. The van der Waals surface area contributed by atoms with Crippen molar-refractivity contribution >= 4 is 28.9 Å². The molecule has 2 aromatic carbocycles. The van der Waals surface area contributed by atoms with Gasteiger partial charge < -0.3 is 10.6 Å². The number of nitro benzene ring substituents is 1. The molecule has 29 heavy (non-hydrogen) atoms. The van der Waals surface area contributed by atoms with Crippen LogP contribution in [-0.2, 0) is 9.59 Å². The van der Waals surface area contributed by atoms with Crippen LogP contribution >= 0.6 is 0 Å². The van der Waals surface area contributed by atoms with E-state index in [2.05, 4.69) is 10.6 Å². The van der Waals surface area contributed by atoms with E-state index in [1.54, 1.807) is 13.8 Å². The van der Waals surface area contributed by atoms with Gasteiger partial charge in [0.15, 0.2) is 0 Å². The number of hydrogen-bond acceptors (Lipinski definition) is 5. The molecule has 0 aliphatic heterocycles. The van der Waals surface area contributed by atoms with Gasteiger partial charge in [0.2, 0.25) is 11.8 Å². The smallest absolute Gasteiger partial charge is 0.271 e. The van der Waals surface area contributed by atoms with Crippen molar-refractivity contribution in [2.45, 2.75) is 19.9 Å². The Hall–Kier alpha value is -3.40. The molecule has 2 N–H and O–H groups in total. The van der Waals surface area contributed by atoms with E-state index in [1.165, 1.54) is 35.2 Å². The molecular formula is C19H20F2N4O4. The lowest BCUT2D eigenvalue weighted by Crippen LogP contribution is -2.45. The Kier molecular flexibility index (Phi) is 7.32. The molecule has 0 aliphatic rings. The molecule has 0 heterocycles. The third kappa shape index (κ3) is 5.79. The molecule has 0 fully saturated rings. The van der Waals surface area contributed by atoms with Crippen LogP contribution in [0.3, 0.4) is 0 Å². The number of benzene rings is 2. The summed E-state index contributed by atoms with van der Waals surface area (Å²) in [5, 5.41) is 15.6. The second-order valence-corrected chi connectivity index (χ2v) is 6.18. The summed E-state index contributed by atoms with van der Waals surface area (Å²) in [5.41, 5.74) is -0.485. The van der Waals surface area contributed by atoms with Crippen LogP contribution in [0.4, 0.5) is 25.8 Å². The lowest BCUT2D eigenvalue weighted by atomic mass is 10.2. The highest BCUT2D eigenvalue weighted by atomic mass is 19.1. The van der Waals surface area contributed by atoms with Crippen molar-refractivity contribution in [2.24, 2.45) is 0 Å². The quantitative estimate of drug-likeness (QED) is 0.518. The zero-order chi connectivity index (χ0) is 21.6. The van der Waals surface area contributed by atoms with Crippen molar-refractivity contribution in [3.63, 3.8) is 0 Å². The van der Waals surface area contributed by atoms with Gasteiger partial charge in [0.1, 0.15) is 17.3 Å². The van der Waals surface area contributed by atoms with Crippen LogP contribution in [0.5, 0.6) is 0 Å². The number of nitrogens with zero attached hydrogens (tertiary/aromatic N) is 2. The lowest BCUT2D eigenvalue weighted by molar-refractivity contribution is -0.384. The van der Waals surface area contributed by atoms with Gasteiger partial charge >= 0.3 is 0 Å². The number of hydrogen-bond donors (Lipinski definition) is 2. The number of non-ortho nitro benzene ring substituents is 1. The van der Waals surface area contributed by atoms with Gasteiger partial charge in [0.05, 0.1) is 17.5 Å².